The van der Waals surface area contributed by atoms with Gasteiger partial charge in [-0.1, -0.05) is 0 Å². The Morgan fingerprint density at radius 2 is 2.33 bits per heavy atom. The first-order valence-corrected chi connectivity index (χ1v) is 4.47. The number of aliphatic hydroxyl groups excluding tert-OH is 1. The van der Waals surface area contributed by atoms with Gasteiger partial charge in [-0.15, -0.1) is 0 Å². The Balaban J connectivity index is 1.91. The molecule has 0 aromatic carbocycles. The number of hydrogen-bond acceptors (Lipinski definition) is 2. The number of rotatable bonds is 2. The van der Waals surface area contributed by atoms with Crippen LogP contribution in [-0.2, 0) is 12.1 Å². The summed E-state index contributed by atoms with van der Waals surface area (Å²) in [5.74, 6) is 0.978. The summed E-state index contributed by atoms with van der Waals surface area (Å²) in [4.78, 5) is 0. The Kier molecular flexibility index (Phi) is 1.06. The Labute approximate surface area is 71.0 Å². The molecule has 0 saturated heterocycles. The minimum absolute atomic E-state index is 0.111. The van der Waals surface area contributed by atoms with E-state index in [1.807, 2.05) is 6.20 Å². The van der Waals surface area contributed by atoms with Gasteiger partial charge in [-0.25, -0.2) is 0 Å². The van der Waals surface area contributed by atoms with Crippen LogP contribution in [0.2, 0.25) is 0 Å². The monoisotopic (exact) mass is 164 g/mol. The van der Waals surface area contributed by atoms with Gasteiger partial charge in [0, 0.05) is 11.8 Å². The summed E-state index contributed by atoms with van der Waals surface area (Å²) >= 11 is 0. The maximum Gasteiger partial charge on any atom is 0.0712 e. The molecule has 1 aromatic rings. The van der Waals surface area contributed by atoms with Gasteiger partial charge in [-0.3, -0.25) is 4.68 Å². The van der Waals surface area contributed by atoms with Crippen LogP contribution in [0.1, 0.15) is 24.8 Å². The van der Waals surface area contributed by atoms with Crippen LogP contribution in [0.3, 0.4) is 0 Å². The zero-order valence-electron chi connectivity index (χ0n) is 6.90. The first-order chi connectivity index (χ1) is 5.82. The minimum Gasteiger partial charge on any atom is -0.392 e. The van der Waals surface area contributed by atoms with E-state index < -0.39 is 0 Å². The molecule has 0 spiro atoms. The quantitative estimate of drug-likeness (QED) is 0.704. The Morgan fingerprint density at radius 1 is 1.58 bits per heavy atom. The molecule has 1 aromatic heterocycles. The average molecular weight is 164 g/mol. The molecule has 0 amide bonds. The van der Waals surface area contributed by atoms with Gasteiger partial charge in [0.1, 0.15) is 0 Å². The van der Waals surface area contributed by atoms with Crippen molar-refractivity contribution in [1.82, 2.24) is 9.78 Å². The smallest absolute Gasteiger partial charge is 0.0712 e. The molecule has 3 aliphatic rings. The molecule has 3 aliphatic carbocycles. The third kappa shape index (κ3) is 0.630. The summed E-state index contributed by atoms with van der Waals surface area (Å²) in [6.45, 7) is 0.111. The summed E-state index contributed by atoms with van der Waals surface area (Å²) in [7, 11) is 0. The second kappa shape index (κ2) is 1.91. The van der Waals surface area contributed by atoms with E-state index in [1.54, 1.807) is 6.20 Å². The van der Waals surface area contributed by atoms with Crippen molar-refractivity contribution >= 4 is 0 Å². The highest BCUT2D eigenvalue weighted by atomic mass is 16.3. The number of aromatic nitrogens is 2. The lowest BCUT2D eigenvalue weighted by Crippen LogP contribution is -2.59. The molecule has 3 saturated carbocycles. The Bertz CT molecular complexity index is 301. The van der Waals surface area contributed by atoms with Crippen LogP contribution in [0.5, 0.6) is 0 Å². The molecule has 1 heterocycles. The van der Waals surface area contributed by atoms with E-state index in [0.717, 1.165) is 11.5 Å². The fourth-order valence-corrected chi connectivity index (χ4v) is 2.41. The standard InChI is InChI=1S/C9H12N2O/c12-6-8-4-10-11(5-8)9-1-7(2-9)3-9/h4-5,7,12H,1-3,6H2. The molecule has 4 rings (SSSR count). The predicted molar refractivity (Wildman–Crippen MR) is 43.5 cm³/mol. The van der Waals surface area contributed by atoms with Crippen molar-refractivity contribution in [3.05, 3.63) is 18.0 Å². The van der Waals surface area contributed by atoms with Crippen molar-refractivity contribution in [2.75, 3.05) is 0 Å². The molecule has 12 heavy (non-hydrogen) atoms. The highest BCUT2D eigenvalue weighted by Gasteiger charge is 2.58. The van der Waals surface area contributed by atoms with Crippen molar-refractivity contribution in [3.63, 3.8) is 0 Å². The molecule has 0 atom stereocenters. The molecule has 3 nitrogen and oxygen atoms in total. The molecule has 0 unspecified atom stereocenters. The van der Waals surface area contributed by atoms with Crippen LogP contribution in [0.15, 0.2) is 12.4 Å². The van der Waals surface area contributed by atoms with Gasteiger partial charge in [0.15, 0.2) is 0 Å². The van der Waals surface area contributed by atoms with Crippen molar-refractivity contribution in [3.8, 4) is 0 Å². The van der Waals surface area contributed by atoms with Gasteiger partial charge in [-0.05, 0) is 25.2 Å². The highest BCUT2D eigenvalue weighted by Crippen LogP contribution is 2.61. The fourth-order valence-electron chi connectivity index (χ4n) is 2.41. The molecule has 3 fully saturated rings. The summed E-state index contributed by atoms with van der Waals surface area (Å²) in [6.07, 6.45) is 7.66. The second-order valence-electron chi connectivity index (χ2n) is 4.15. The molecule has 0 radical (unpaired) electrons. The van der Waals surface area contributed by atoms with Gasteiger partial charge in [0.2, 0.25) is 0 Å². The van der Waals surface area contributed by atoms with Gasteiger partial charge in [0.05, 0.1) is 18.3 Å². The van der Waals surface area contributed by atoms with Crippen LogP contribution in [0.4, 0.5) is 0 Å². The highest BCUT2D eigenvalue weighted by molar-refractivity contribution is 5.14. The third-order valence-corrected chi connectivity index (χ3v) is 3.31. The second-order valence-corrected chi connectivity index (χ2v) is 4.15. The third-order valence-electron chi connectivity index (χ3n) is 3.31. The minimum atomic E-state index is 0.111. The number of hydrogen-bond donors (Lipinski definition) is 1. The summed E-state index contributed by atoms with van der Waals surface area (Å²) in [5, 5.41) is 13.1. The van der Waals surface area contributed by atoms with Crippen LogP contribution in [0, 0.1) is 5.92 Å². The van der Waals surface area contributed by atoms with Gasteiger partial charge in [0.25, 0.3) is 0 Å². The lowest BCUT2D eigenvalue weighted by molar-refractivity contribution is -0.0978. The molecule has 0 aliphatic heterocycles. The molecule has 64 valence electrons. The zero-order valence-corrected chi connectivity index (χ0v) is 6.90. The molecule has 3 heteroatoms. The lowest BCUT2D eigenvalue weighted by atomic mass is 9.50. The fraction of sp³-hybridized carbons (Fsp3) is 0.667. The van der Waals surface area contributed by atoms with Gasteiger partial charge >= 0.3 is 0 Å². The Morgan fingerprint density at radius 3 is 2.75 bits per heavy atom. The van der Waals surface area contributed by atoms with Gasteiger partial charge < -0.3 is 5.11 Å². The van der Waals surface area contributed by atoms with Crippen LogP contribution < -0.4 is 0 Å². The largest absolute Gasteiger partial charge is 0.392 e. The summed E-state index contributed by atoms with van der Waals surface area (Å²) in [6, 6.07) is 0. The molecular weight excluding hydrogens is 152 g/mol. The van der Waals surface area contributed by atoms with Gasteiger partial charge in [-0.2, -0.15) is 5.10 Å². The maximum absolute atomic E-state index is 8.87. The number of aliphatic hydroxyl groups is 1. The zero-order chi connectivity index (χ0) is 8.18. The van der Waals surface area contributed by atoms with Crippen LogP contribution in [0.25, 0.3) is 0 Å². The van der Waals surface area contributed by atoms with Crippen molar-refractivity contribution in [1.29, 1.82) is 0 Å². The van der Waals surface area contributed by atoms with Crippen LogP contribution in [-0.4, -0.2) is 14.9 Å². The topological polar surface area (TPSA) is 38.1 Å². The molecule has 2 bridgehead atoms. The van der Waals surface area contributed by atoms with E-state index in [0.29, 0.717) is 5.54 Å². The first kappa shape index (κ1) is 6.66. The van der Waals surface area contributed by atoms with E-state index in [1.165, 1.54) is 19.3 Å². The van der Waals surface area contributed by atoms with Crippen molar-refractivity contribution < 1.29 is 5.11 Å². The van der Waals surface area contributed by atoms with E-state index in [-0.39, 0.29) is 6.61 Å². The molecule has 1 N–H and O–H groups in total. The van der Waals surface area contributed by atoms with E-state index in [9.17, 15) is 0 Å². The summed E-state index contributed by atoms with van der Waals surface area (Å²) < 4.78 is 2.05. The number of nitrogens with zero attached hydrogens (tertiary/aromatic N) is 2. The van der Waals surface area contributed by atoms with E-state index >= 15 is 0 Å². The first-order valence-electron chi connectivity index (χ1n) is 4.47. The SMILES string of the molecule is OCc1cnn(C23CC(C2)C3)c1. The van der Waals surface area contributed by atoms with Crippen LogP contribution >= 0.6 is 0 Å². The van der Waals surface area contributed by atoms with E-state index in [2.05, 4.69) is 9.78 Å². The van der Waals surface area contributed by atoms with E-state index in [4.69, 9.17) is 5.11 Å². The molecular formula is C9H12N2O. The normalized spacial score (nSPS) is 37.2. The van der Waals surface area contributed by atoms with Crippen molar-refractivity contribution in [2.24, 2.45) is 5.92 Å². The maximum atomic E-state index is 8.87. The van der Waals surface area contributed by atoms with Crippen molar-refractivity contribution in [2.45, 2.75) is 31.4 Å². The predicted octanol–water partition coefficient (Wildman–Crippen LogP) is 0.884. The Hall–Kier alpha value is -0.830. The lowest BCUT2D eigenvalue weighted by Gasteiger charge is -2.61. The summed E-state index contributed by atoms with van der Waals surface area (Å²) in [5.41, 5.74) is 1.30. The average Bonchev–Trinajstić information content (AvgIpc) is 2.29.